The maximum absolute atomic E-state index is 12.1. The van der Waals surface area contributed by atoms with Crippen molar-refractivity contribution < 1.29 is 14.7 Å². The number of hydrogen-bond donors (Lipinski definition) is 2. The quantitative estimate of drug-likeness (QED) is 0.754. The van der Waals surface area contributed by atoms with Crippen LogP contribution in [0.15, 0.2) is 12.4 Å². The van der Waals surface area contributed by atoms with E-state index in [1.807, 2.05) is 0 Å². The number of carbonyl (C=O) groups excluding carboxylic acids is 1. The first-order chi connectivity index (χ1) is 9.58. The van der Waals surface area contributed by atoms with Gasteiger partial charge < -0.3 is 15.3 Å². The van der Waals surface area contributed by atoms with Crippen molar-refractivity contribution >= 4 is 17.7 Å². The number of aliphatic carboxylic acids is 1. The zero-order valence-corrected chi connectivity index (χ0v) is 11.0. The monoisotopic (exact) mass is 276 g/mol. The van der Waals surface area contributed by atoms with Crippen LogP contribution in [0.3, 0.4) is 0 Å². The van der Waals surface area contributed by atoms with Crippen molar-refractivity contribution in [3.8, 4) is 12.3 Å². The molecule has 0 unspecified atom stereocenters. The summed E-state index contributed by atoms with van der Waals surface area (Å²) in [7, 11) is 0. The topological polar surface area (TPSA) is 87.5 Å². The number of nitrogens with zero attached hydrogens (tertiary/aromatic N) is 3. The number of carboxylic acid groups (broad SMARTS) is 1. The number of terminal acetylenes is 1. The molecule has 1 aromatic heterocycles. The van der Waals surface area contributed by atoms with Crippen LogP contribution < -0.4 is 5.32 Å². The molecular formula is C13H16N4O3. The third-order valence-electron chi connectivity index (χ3n) is 2.93. The van der Waals surface area contributed by atoms with Crippen LogP contribution in [0.2, 0.25) is 0 Å². The van der Waals surface area contributed by atoms with E-state index in [2.05, 4.69) is 16.3 Å². The predicted octanol–water partition coefficient (Wildman–Crippen LogP) is 0.845. The Bertz CT molecular complexity index is 542. The zero-order valence-electron chi connectivity index (χ0n) is 11.0. The molecule has 0 aromatic carbocycles. The maximum Gasteiger partial charge on any atom is 0.325 e. The first-order valence-corrected chi connectivity index (χ1v) is 6.32. The summed E-state index contributed by atoms with van der Waals surface area (Å²) < 4.78 is 1.24. The summed E-state index contributed by atoms with van der Waals surface area (Å²) in [5.41, 5.74) is 0.453. The molecule has 1 aromatic rings. The summed E-state index contributed by atoms with van der Waals surface area (Å²) in [4.78, 5) is 24.2. The number of aromatic nitrogens is 2. The van der Waals surface area contributed by atoms with Crippen molar-refractivity contribution in [3.63, 3.8) is 0 Å². The van der Waals surface area contributed by atoms with Crippen molar-refractivity contribution in [2.24, 2.45) is 5.92 Å². The minimum atomic E-state index is -0.992. The van der Waals surface area contributed by atoms with Gasteiger partial charge >= 0.3 is 12.0 Å². The first-order valence-electron chi connectivity index (χ1n) is 6.32. The van der Waals surface area contributed by atoms with Gasteiger partial charge in [-0.3, -0.25) is 9.48 Å². The van der Waals surface area contributed by atoms with Crippen molar-refractivity contribution in [1.82, 2.24) is 14.7 Å². The Balaban J connectivity index is 1.92. The second-order valence-corrected chi connectivity index (χ2v) is 4.78. The van der Waals surface area contributed by atoms with Crippen LogP contribution in [0.1, 0.15) is 12.8 Å². The van der Waals surface area contributed by atoms with E-state index in [1.54, 1.807) is 4.90 Å². The molecule has 1 aliphatic rings. The molecule has 1 heterocycles. The van der Waals surface area contributed by atoms with Crippen LogP contribution in [0.5, 0.6) is 0 Å². The Morgan fingerprint density at radius 3 is 2.95 bits per heavy atom. The number of amides is 2. The summed E-state index contributed by atoms with van der Waals surface area (Å²) >= 11 is 0. The molecule has 0 bridgehead atoms. The van der Waals surface area contributed by atoms with Gasteiger partial charge in [0.1, 0.15) is 6.54 Å². The Hall–Kier alpha value is -2.49. The predicted molar refractivity (Wildman–Crippen MR) is 72.0 cm³/mol. The number of urea groups is 1. The SMILES string of the molecule is C#CCN(CC1CC1)C(=O)Nc1cnn(CC(=O)O)c1. The molecule has 0 aliphatic heterocycles. The fourth-order valence-electron chi connectivity index (χ4n) is 1.80. The molecule has 2 N–H and O–H groups in total. The van der Waals surface area contributed by atoms with E-state index in [1.165, 1.54) is 17.1 Å². The molecule has 0 radical (unpaired) electrons. The summed E-state index contributed by atoms with van der Waals surface area (Å²) in [6.45, 7) is 0.664. The first kappa shape index (κ1) is 13.9. The van der Waals surface area contributed by atoms with E-state index in [9.17, 15) is 9.59 Å². The number of anilines is 1. The molecule has 1 fully saturated rings. The molecule has 20 heavy (non-hydrogen) atoms. The van der Waals surface area contributed by atoms with Gasteiger partial charge in [-0.2, -0.15) is 5.10 Å². The second-order valence-electron chi connectivity index (χ2n) is 4.78. The molecule has 0 atom stereocenters. The highest BCUT2D eigenvalue weighted by atomic mass is 16.4. The average Bonchev–Trinajstić information content (AvgIpc) is 3.09. The van der Waals surface area contributed by atoms with Gasteiger partial charge in [0, 0.05) is 12.7 Å². The third-order valence-corrected chi connectivity index (χ3v) is 2.93. The normalized spacial score (nSPS) is 13.6. The van der Waals surface area contributed by atoms with Crippen molar-refractivity contribution in [2.45, 2.75) is 19.4 Å². The summed E-state index contributed by atoms with van der Waals surface area (Å²) in [6.07, 6.45) is 10.4. The molecule has 0 saturated heterocycles. The molecular weight excluding hydrogens is 260 g/mol. The number of nitrogens with one attached hydrogen (secondary N) is 1. The largest absolute Gasteiger partial charge is 0.480 e. The lowest BCUT2D eigenvalue weighted by Gasteiger charge is -2.19. The van der Waals surface area contributed by atoms with Gasteiger partial charge in [-0.05, 0) is 18.8 Å². The lowest BCUT2D eigenvalue weighted by atomic mass is 10.3. The number of rotatable bonds is 6. The third kappa shape index (κ3) is 4.02. The fraction of sp³-hybridized carbons (Fsp3) is 0.462. The smallest absolute Gasteiger partial charge is 0.325 e. The van der Waals surface area contributed by atoms with Gasteiger partial charge in [0.05, 0.1) is 18.4 Å². The highest BCUT2D eigenvalue weighted by Gasteiger charge is 2.26. The number of carboxylic acids is 1. The van der Waals surface area contributed by atoms with E-state index in [4.69, 9.17) is 11.5 Å². The van der Waals surface area contributed by atoms with Crippen LogP contribution in [0.25, 0.3) is 0 Å². The summed E-state index contributed by atoms with van der Waals surface area (Å²) in [6, 6.07) is -0.287. The molecule has 2 amide bonds. The minimum Gasteiger partial charge on any atom is -0.480 e. The number of hydrogen-bond acceptors (Lipinski definition) is 3. The molecule has 7 nitrogen and oxygen atoms in total. The lowest BCUT2D eigenvalue weighted by molar-refractivity contribution is -0.137. The highest BCUT2D eigenvalue weighted by molar-refractivity contribution is 5.89. The molecule has 1 aliphatic carbocycles. The standard InChI is InChI=1S/C13H16N4O3/c1-2-5-16(7-10-3-4-10)13(20)15-11-6-14-17(8-11)9-12(18)19/h1,6,8,10H,3-5,7,9H2,(H,15,20)(H,18,19). The Labute approximate surface area is 116 Å². The Kier molecular flexibility index (Phi) is 4.25. The van der Waals surface area contributed by atoms with E-state index in [0.717, 1.165) is 12.8 Å². The van der Waals surface area contributed by atoms with Gasteiger partial charge in [0.25, 0.3) is 0 Å². The van der Waals surface area contributed by atoms with Crippen molar-refractivity contribution in [2.75, 3.05) is 18.4 Å². The molecule has 2 rings (SSSR count). The molecule has 0 spiro atoms. The number of carbonyl (C=O) groups is 2. The average molecular weight is 276 g/mol. The van der Waals surface area contributed by atoms with Gasteiger partial charge in [0.15, 0.2) is 0 Å². The van der Waals surface area contributed by atoms with E-state index < -0.39 is 5.97 Å². The van der Waals surface area contributed by atoms with E-state index in [0.29, 0.717) is 18.2 Å². The van der Waals surface area contributed by atoms with Gasteiger partial charge in [0.2, 0.25) is 0 Å². The minimum absolute atomic E-state index is 0.244. The van der Waals surface area contributed by atoms with Crippen LogP contribution in [-0.2, 0) is 11.3 Å². The van der Waals surface area contributed by atoms with Crippen molar-refractivity contribution in [3.05, 3.63) is 12.4 Å². The van der Waals surface area contributed by atoms with Crippen LogP contribution in [0.4, 0.5) is 10.5 Å². The molecule has 1 saturated carbocycles. The van der Waals surface area contributed by atoms with Crippen LogP contribution >= 0.6 is 0 Å². The van der Waals surface area contributed by atoms with Gasteiger partial charge in [-0.15, -0.1) is 6.42 Å². The van der Waals surface area contributed by atoms with Crippen molar-refractivity contribution in [1.29, 1.82) is 0 Å². The van der Waals surface area contributed by atoms with E-state index >= 15 is 0 Å². The zero-order chi connectivity index (χ0) is 14.5. The fourth-order valence-corrected chi connectivity index (χ4v) is 1.80. The summed E-state index contributed by atoms with van der Waals surface area (Å²) in [5.74, 6) is 2.02. The van der Waals surface area contributed by atoms with Gasteiger partial charge in [-0.1, -0.05) is 5.92 Å². The highest BCUT2D eigenvalue weighted by Crippen LogP contribution is 2.29. The Morgan fingerprint density at radius 2 is 2.35 bits per heavy atom. The van der Waals surface area contributed by atoms with Crippen LogP contribution in [0, 0.1) is 18.3 Å². The van der Waals surface area contributed by atoms with E-state index in [-0.39, 0.29) is 19.1 Å². The van der Waals surface area contributed by atoms with Gasteiger partial charge in [-0.25, -0.2) is 4.79 Å². The Morgan fingerprint density at radius 1 is 1.60 bits per heavy atom. The molecule has 106 valence electrons. The molecule has 7 heteroatoms. The van der Waals surface area contributed by atoms with Crippen LogP contribution in [-0.4, -0.2) is 44.9 Å². The summed E-state index contributed by atoms with van der Waals surface area (Å²) in [5, 5.41) is 15.2. The lowest BCUT2D eigenvalue weighted by Crippen LogP contribution is -2.36. The second kappa shape index (κ2) is 6.10. The maximum atomic E-state index is 12.1.